The number of esters is 1. The van der Waals surface area contributed by atoms with E-state index in [-0.39, 0.29) is 18.2 Å². The molecule has 5 heteroatoms. The van der Waals surface area contributed by atoms with Crippen molar-refractivity contribution >= 4 is 27.7 Å². The standard InChI is InChI=1S/C13H13BrO4/c1-17-10-4-2-9(3-5-10)12(16)13(8-14)7-6-11(15)18-13/h2-5H,6-8H2,1H3/t13-/m0/s1. The Balaban J connectivity index is 2.26. The molecule has 0 spiro atoms. The molecule has 4 nitrogen and oxygen atoms in total. The maximum Gasteiger partial charge on any atom is 0.306 e. The second-order valence-corrected chi connectivity index (χ2v) is 4.72. The van der Waals surface area contributed by atoms with Gasteiger partial charge >= 0.3 is 5.97 Å². The van der Waals surface area contributed by atoms with Crippen LogP contribution in [-0.4, -0.2) is 29.8 Å². The summed E-state index contributed by atoms with van der Waals surface area (Å²) in [4.78, 5) is 23.6. The lowest BCUT2D eigenvalue weighted by atomic mass is 9.92. The fraction of sp³-hybridized carbons (Fsp3) is 0.385. The second-order valence-electron chi connectivity index (χ2n) is 4.16. The van der Waals surface area contributed by atoms with E-state index in [1.165, 1.54) is 0 Å². The third kappa shape index (κ3) is 2.27. The van der Waals surface area contributed by atoms with Gasteiger partial charge in [0, 0.05) is 18.4 Å². The van der Waals surface area contributed by atoms with Crippen LogP contribution >= 0.6 is 15.9 Å². The van der Waals surface area contributed by atoms with Crippen LogP contribution in [0.3, 0.4) is 0 Å². The van der Waals surface area contributed by atoms with Gasteiger partial charge in [0.1, 0.15) is 5.75 Å². The van der Waals surface area contributed by atoms with Gasteiger partial charge in [-0.2, -0.15) is 0 Å². The van der Waals surface area contributed by atoms with Crippen LogP contribution in [-0.2, 0) is 9.53 Å². The van der Waals surface area contributed by atoms with Crippen molar-refractivity contribution in [2.45, 2.75) is 18.4 Å². The first kappa shape index (κ1) is 13.1. The van der Waals surface area contributed by atoms with Gasteiger partial charge in [-0.15, -0.1) is 0 Å². The van der Waals surface area contributed by atoms with E-state index in [0.29, 0.717) is 23.1 Å². The Morgan fingerprint density at radius 1 is 1.44 bits per heavy atom. The molecule has 1 aromatic rings. The Morgan fingerprint density at radius 3 is 2.56 bits per heavy atom. The fourth-order valence-corrected chi connectivity index (χ4v) is 2.59. The largest absolute Gasteiger partial charge is 0.497 e. The van der Waals surface area contributed by atoms with E-state index in [1.54, 1.807) is 31.4 Å². The number of benzene rings is 1. The third-order valence-corrected chi connectivity index (χ3v) is 3.93. The van der Waals surface area contributed by atoms with E-state index < -0.39 is 5.60 Å². The number of carbonyl (C=O) groups is 2. The summed E-state index contributed by atoms with van der Waals surface area (Å²) in [6.45, 7) is 0. The van der Waals surface area contributed by atoms with Gasteiger partial charge in [-0.3, -0.25) is 9.59 Å². The van der Waals surface area contributed by atoms with Gasteiger partial charge in [0.25, 0.3) is 0 Å². The van der Waals surface area contributed by atoms with Gasteiger partial charge < -0.3 is 9.47 Å². The lowest BCUT2D eigenvalue weighted by Crippen LogP contribution is -2.40. The predicted molar refractivity (Wildman–Crippen MR) is 69.2 cm³/mol. The van der Waals surface area contributed by atoms with Crippen molar-refractivity contribution in [1.82, 2.24) is 0 Å². The lowest BCUT2D eigenvalue weighted by molar-refractivity contribution is -0.144. The van der Waals surface area contributed by atoms with Crippen LogP contribution in [0.5, 0.6) is 5.75 Å². The van der Waals surface area contributed by atoms with Gasteiger partial charge in [-0.1, -0.05) is 15.9 Å². The number of ketones is 1. The molecular formula is C13H13BrO4. The van der Waals surface area contributed by atoms with Gasteiger partial charge in [-0.25, -0.2) is 0 Å². The van der Waals surface area contributed by atoms with Crippen molar-refractivity contribution in [2.75, 3.05) is 12.4 Å². The molecule has 0 bridgehead atoms. The van der Waals surface area contributed by atoms with Gasteiger partial charge in [-0.05, 0) is 24.3 Å². The number of methoxy groups -OCH3 is 1. The Labute approximate surface area is 113 Å². The first-order valence-corrected chi connectivity index (χ1v) is 6.70. The van der Waals surface area contributed by atoms with Crippen molar-refractivity contribution in [2.24, 2.45) is 0 Å². The summed E-state index contributed by atoms with van der Waals surface area (Å²) in [6, 6.07) is 6.79. The number of carbonyl (C=O) groups excluding carboxylic acids is 2. The van der Waals surface area contributed by atoms with E-state index in [9.17, 15) is 9.59 Å². The average Bonchev–Trinajstić information content (AvgIpc) is 2.81. The Kier molecular flexibility index (Phi) is 3.71. The minimum Gasteiger partial charge on any atom is -0.497 e. The molecule has 1 aliphatic heterocycles. The minimum atomic E-state index is -1.05. The molecule has 1 saturated heterocycles. The highest BCUT2D eigenvalue weighted by Crippen LogP contribution is 2.32. The maximum atomic E-state index is 12.4. The van der Waals surface area contributed by atoms with Crippen LogP contribution in [0.15, 0.2) is 24.3 Å². The number of hydrogen-bond donors (Lipinski definition) is 0. The molecule has 96 valence electrons. The van der Waals surface area contributed by atoms with Crippen LogP contribution in [0.2, 0.25) is 0 Å². The monoisotopic (exact) mass is 312 g/mol. The Bertz CT molecular complexity index is 468. The fourth-order valence-electron chi connectivity index (χ4n) is 1.94. The highest BCUT2D eigenvalue weighted by Gasteiger charge is 2.46. The number of halogens is 1. The minimum absolute atomic E-state index is 0.173. The summed E-state index contributed by atoms with van der Waals surface area (Å²) in [5, 5.41) is 0.316. The van der Waals surface area contributed by atoms with Crippen LogP contribution in [0.4, 0.5) is 0 Å². The summed E-state index contributed by atoms with van der Waals surface area (Å²) in [5.74, 6) is 0.187. The van der Waals surface area contributed by atoms with Crippen molar-refractivity contribution in [1.29, 1.82) is 0 Å². The van der Waals surface area contributed by atoms with Crippen molar-refractivity contribution in [3.8, 4) is 5.75 Å². The zero-order valence-electron chi connectivity index (χ0n) is 9.94. The smallest absolute Gasteiger partial charge is 0.306 e. The molecule has 0 N–H and O–H groups in total. The highest BCUT2D eigenvalue weighted by atomic mass is 79.9. The number of ether oxygens (including phenoxy) is 2. The summed E-state index contributed by atoms with van der Waals surface area (Å²) < 4.78 is 10.2. The lowest BCUT2D eigenvalue weighted by Gasteiger charge is -2.23. The number of Topliss-reactive ketones (excluding diaryl/α,β-unsaturated/α-hetero) is 1. The molecule has 0 amide bonds. The summed E-state index contributed by atoms with van der Waals surface area (Å²) in [7, 11) is 1.57. The van der Waals surface area contributed by atoms with E-state index in [1.807, 2.05) is 0 Å². The summed E-state index contributed by atoms with van der Waals surface area (Å²) in [5.41, 5.74) is -0.531. The number of hydrogen-bond acceptors (Lipinski definition) is 4. The van der Waals surface area contributed by atoms with E-state index in [4.69, 9.17) is 9.47 Å². The molecule has 1 atom stereocenters. The Hall–Kier alpha value is -1.36. The molecule has 1 heterocycles. The van der Waals surface area contributed by atoms with E-state index in [0.717, 1.165) is 0 Å². The van der Waals surface area contributed by atoms with Crippen LogP contribution in [0.25, 0.3) is 0 Å². The summed E-state index contributed by atoms with van der Waals surface area (Å²) >= 11 is 3.26. The second kappa shape index (κ2) is 5.10. The molecule has 0 unspecified atom stereocenters. The third-order valence-electron chi connectivity index (χ3n) is 3.02. The molecule has 1 aliphatic rings. The highest BCUT2D eigenvalue weighted by molar-refractivity contribution is 9.09. The first-order valence-electron chi connectivity index (χ1n) is 5.58. The quantitative estimate of drug-likeness (QED) is 0.486. The van der Waals surface area contributed by atoms with Crippen LogP contribution in [0.1, 0.15) is 23.2 Å². The topological polar surface area (TPSA) is 52.6 Å². The summed E-state index contributed by atoms with van der Waals surface area (Å²) in [6.07, 6.45) is 0.704. The molecule has 0 aromatic heterocycles. The molecule has 2 rings (SSSR count). The first-order chi connectivity index (χ1) is 8.61. The number of rotatable bonds is 4. The SMILES string of the molecule is COc1ccc(C(=O)[C@@]2(CBr)CCC(=O)O2)cc1. The molecular weight excluding hydrogens is 300 g/mol. The van der Waals surface area contributed by atoms with E-state index in [2.05, 4.69) is 15.9 Å². The normalized spacial score (nSPS) is 22.7. The maximum absolute atomic E-state index is 12.4. The van der Waals surface area contributed by atoms with Gasteiger partial charge in [0.2, 0.25) is 5.78 Å². The molecule has 1 fully saturated rings. The van der Waals surface area contributed by atoms with Crippen molar-refractivity contribution in [3.63, 3.8) is 0 Å². The van der Waals surface area contributed by atoms with Crippen molar-refractivity contribution in [3.05, 3.63) is 29.8 Å². The van der Waals surface area contributed by atoms with Gasteiger partial charge in [0.05, 0.1) is 12.4 Å². The molecule has 1 aromatic carbocycles. The zero-order valence-corrected chi connectivity index (χ0v) is 11.5. The predicted octanol–water partition coefficient (Wildman–Crippen LogP) is 2.35. The Morgan fingerprint density at radius 2 is 2.11 bits per heavy atom. The molecule has 0 aliphatic carbocycles. The van der Waals surface area contributed by atoms with Crippen molar-refractivity contribution < 1.29 is 19.1 Å². The number of alkyl halides is 1. The molecule has 0 saturated carbocycles. The van der Waals surface area contributed by atoms with Crippen LogP contribution in [0, 0.1) is 0 Å². The van der Waals surface area contributed by atoms with E-state index >= 15 is 0 Å². The van der Waals surface area contributed by atoms with Crippen LogP contribution < -0.4 is 4.74 Å². The number of cyclic esters (lactones) is 1. The molecule has 18 heavy (non-hydrogen) atoms. The van der Waals surface area contributed by atoms with Gasteiger partial charge in [0.15, 0.2) is 5.60 Å². The molecule has 0 radical (unpaired) electrons. The average molecular weight is 313 g/mol. The zero-order chi connectivity index (χ0) is 13.2.